The molecule has 7 heteroatoms. The molecule has 0 fully saturated rings. The van der Waals surface area contributed by atoms with Gasteiger partial charge in [0, 0.05) is 17.5 Å². The normalized spacial score (nSPS) is 13.2. The molecule has 0 aliphatic heterocycles. The first-order valence-corrected chi connectivity index (χ1v) is 8.71. The van der Waals surface area contributed by atoms with E-state index in [2.05, 4.69) is 15.9 Å². The lowest BCUT2D eigenvalue weighted by Gasteiger charge is -2.13. The van der Waals surface area contributed by atoms with Crippen molar-refractivity contribution in [3.05, 3.63) is 34.4 Å². The summed E-state index contributed by atoms with van der Waals surface area (Å²) in [5.41, 5.74) is -0.107. The molecule has 0 radical (unpaired) electrons. The minimum absolute atomic E-state index is 0.0594. The van der Waals surface area contributed by atoms with Crippen LogP contribution in [0.5, 0.6) is 0 Å². The summed E-state index contributed by atoms with van der Waals surface area (Å²) in [5, 5.41) is 11.2. The first-order chi connectivity index (χ1) is 8.90. The maximum Gasteiger partial charge on any atom is 0.269 e. The van der Waals surface area contributed by atoms with Crippen LogP contribution in [0.15, 0.2) is 29.2 Å². The van der Waals surface area contributed by atoms with E-state index in [1.165, 1.54) is 24.3 Å². The molecule has 0 N–H and O–H groups in total. The third-order valence-electron chi connectivity index (χ3n) is 2.78. The average Bonchev–Trinajstić information content (AvgIpc) is 2.38. The monoisotopic (exact) mass is 349 g/mol. The zero-order chi connectivity index (χ0) is 14.5. The first kappa shape index (κ1) is 16.1. The Morgan fingerprint density at radius 3 is 2.32 bits per heavy atom. The van der Waals surface area contributed by atoms with E-state index < -0.39 is 14.8 Å². The number of non-ortho nitro benzene ring substituents is 1. The summed E-state index contributed by atoms with van der Waals surface area (Å²) >= 11 is 3.32. The van der Waals surface area contributed by atoms with Crippen LogP contribution in [-0.4, -0.2) is 24.4 Å². The number of halogens is 1. The molecular weight excluding hydrogens is 334 g/mol. The Balaban J connectivity index is 2.90. The number of rotatable bonds is 7. The van der Waals surface area contributed by atoms with Crippen molar-refractivity contribution in [3.63, 3.8) is 0 Å². The lowest BCUT2D eigenvalue weighted by molar-refractivity contribution is -0.384. The van der Waals surface area contributed by atoms with Gasteiger partial charge in [0.25, 0.3) is 5.69 Å². The van der Waals surface area contributed by atoms with E-state index in [1.807, 2.05) is 6.92 Å². The third-order valence-corrected chi connectivity index (χ3v) is 5.59. The summed E-state index contributed by atoms with van der Waals surface area (Å²) in [5.74, 6) is 0.120. The highest BCUT2D eigenvalue weighted by Crippen LogP contribution is 2.21. The molecule has 0 saturated heterocycles. The van der Waals surface area contributed by atoms with Gasteiger partial charge in [0.05, 0.1) is 15.6 Å². The van der Waals surface area contributed by atoms with Crippen molar-refractivity contribution in [2.24, 2.45) is 5.92 Å². The van der Waals surface area contributed by atoms with E-state index in [4.69, 9.17) is 0 Å². The smallest absolute Gasteiger partial charge is 0.258 e. The van der Waals surface area contributed by atoms with Crippen LogP contribution < -0.4 is 0 Å². The molecule has 1 atom stereocenters. The molecule has 0 heterocycles. The molecule has 106 valence electrons. The van der Waals surface area contributed by atoms with Gasteiger partial charge in [0.1, 0.15) is 0 Å². The van der Waals surface area contributed by atoms with Crippen LogP contribution in [0.3, 0.4) is 0 Å². The topological polar surface area (TPSA) is 77.3 Å². The number of alkyl halides is 1. The highest BCUT2D eigenvalue weighted by Gasteiger charge is 2.21. The van der Waals surface area contributed by atoms with E-state index in [9.17, 15) is 18.5 Å². The Labute approximate surface area is 121 Å². The summed E-state index contributed by atoms with van der Waals surface area (Å²) in [6.45, 7) is 2.01. The summed E-state index contributed by atoms with van der Waals surface area (Å²) in [7, 11) is -3.39. The Morgan fingerprint density at radius 1 is 1.32 bits per heavy atom. The van der Waals surface area contributed by atoms with Crippen LogP contribution in [0.1, 0.15) is 19.8 Å². The van der Waals surface area contributed by atoms with Crippen molar-refractivity contribution in [2.75, 3.05) is 11.1 Å². The fourth-order valence-electron chi connectivity index (χ4n) is 1.79. The molecule has 1 aromatic carbocycles. The Hall–Kier alpha value is -0.950. The number of sulfone groups is 1. The van der Waals surface area contributed by atoms with Crippen LogP contribution in [0, 0.1) is 16.0 Å². The number of nitro benzene ring substituents is 1. The van der Waals surface area contributed by atoms with Gasteiger partial charge in [-0.1, -0.05) is 29.3 Å². The summed E-state index contributed by atoms with van der Waals surface area (Å²) in [6, 6.07) is 5.03. The van der Waals surface area contributed by atoms with Crippen LogP contribution in [0.2, 0.25) is 0 Å². The third kappa shape index (κ3) is 4.58. The minimum Gasteiger partial charge on any atom is -0.258 e. The van der Waals surface area contributed by atoms with Gasteiger partial charge >= 0.3 is 0 Å². The second-order valence-corrected chi connectivity index (χ2v) is 7.02. The predicted octanol–water partition coefficient (Wildman–Crippen LogP) is 3.18. The van der Waals surface area contributed by atoms with Crippen LogP contribution >= 0.6 is 15.9 Å². The fraction of sp³-hybridized carbons (Fsp3) is 0.500. The number of nitrogens with zero attached hydrogens (tertiary/aromatic N) is 1. The van der Waals surface area contributed by atoms with E-state index in [0.29, 0.717) is 5.33 Å². The molecule has 0 bridgehead atoms. The molecule has 0 amide bonds. The van der Waals surface area contributed by atoms with Crippen LogP contribution in [0.4, 0.5) is 5.69 Å². The second kappa shape index (κ2) is 7.00. The van der Waals surface area contributed by atoms with Crippen molar-refractivity contribution >= 4 is 31.5 Å². The number of nitro groups is 1. The minimum atomic E-state index is -3.39. The average molecular weight is 350 g/mol. The maximum absolute atomic E-state index is 12.2. The number of benzene rings is 1. The van der Waals surface area contributed by atoms with Gasteiger partial charge in [-0.05, 0) is 24.5 Å². The zero-order valence-electron chi connectivity index (χ0n) is 10.6. The van der Waals surface area contributed by atoms with Crippen molar-refractivity contribution < 1.29 is 13.3 Å². The van der Waals surface area contributed by atoms with Crippen molar-refractivity contribution in [3.8, 4) is 0 Å². The molecule has 0 spiro atoms. The first-order valence-electron chi connectivity index (χ1n) is 5.94. The van der Waals surface area contributed by atoms with E-state index >= 15 is 0 Å². The number of hydrogen-bond acceptors (Lipinski definition) is 4. The molecule has 0 aliphatic carbocycles. The van der Waals surface area contributed by atoms with E-state index in [1.54, 1.807) is 0 Å². The molecule has 5 nitrogen and oxygen atoms in total. The molecule has 19 heavy (non-hydrogen) atoms. The molecule has 0 aliphatic rings. The second-order valence-electron chi connectivity index (χ2n) is 4.34. The Bertz CT molecular complexity index is 527. The lowest BCUT2D eigenvalue weighted by Crippen LogP contribution is -2.17. The van der Waals surface area contributed by atoms with Gasteiger partial charge in [-0.3, -0.25) is 10.1 Å². The summed E-state index contributed by atoms with van der Waals surface area (Å²) in [6.07, 6.45) is 1.75. The molecule has 0 aromatic heterocycles. The van der Waals surface area contributed by atoms with Gasteiger partial charge in [0.15, 0.2) is 9.84 Å². The zero-order valence-corrected chi connectivity index (χ0v) is 13.0. The van der Waals surface area contributed by atoms with E-state index in [-0.39, 0.29) is 22.3 Å². The van der Waals surface area contributed by atoms with Gasteiger partial charge in [-0.2, -0.15) is 0 Å². The van der Waals surface area contributed by atoms with Gasteiger partial charge in [-0.15, -0.1) is 0 Å². The highest BCUT2D eigenvalue weighted by atomic mass is 79.9. The largest absolute Gasteiger partial charge is 0.269 e. The highest BCUT2D eigenvalue weighted by molar-refractivity contribution is 9.09. The SMILES string of the molecule is CCCC(CBr)CS(=O)(=O)c1ccc([N+](=O)[O-])cc1. The van der Waals surface area contributed by atoms with Crippen molar-refractivity contribution in [2.45, 2.75) is 24.7 Å². The molecular formula is C12H16BrNO4S. The van der Waals surface area contributed by atoms with Gasteiger partial charge < -0.3 is 0 Å². The summed E-state index contributed by atoms with van der Waals surface area (Å²) < 4.78 is 24.3. The molecule has 1 unspecified atom stereocenters. The molecule has 0 saturated carbocycles. The quantitative estimate of drug-likeness (QED) is 0.430. The maximum atomic E-state index is 12.2. The van der Waals surface area contributed by atoms with Crippen LogP contribution in [0.25, 0.3) is 0 Å². The number of hydrogen-bond donors (Lipinski definition) is 0. The van der Waals surface area contributed by atoms with E-state index in [0.717, 1.165) is 12.8 Å². The fourth-order valence-corrected chi connectivity index (χ4v) is 4.30. The standard InChI is InChI=1S/C12H16BrNO4S/c1-2-3-10(8-13)9-19(17,18)12-6-4-11(5-7-12)14(15)16/h4-7,10H,2-3,8-9H2,1H3. The summed E-state index contributed by atoms with van der Waals surface area (Å²) in [4.78, 5) is 10.1. The molecule has 1 aromatic rings. The Kier molecular flexibility index (Phi) is 5.93. The lowest BCUT2D eigenvalue weighted by atomic mass is 10.1. The van der Waals surface area contributed by atoms with Crippen LogP contribution in [-0.2, 0) is 9.84 Å². The predicted molar refractivity (Wildman–Crippen MR) is 77.3 cm³/mol. The van der Waals surface area contributed by atoms with Crippen molar-refractivity contribution in [1.82, 2.24) is 0 Å². The van der Waals surface area contributed by atoms with Crippen molar-refractivity contribution in [1.29, 1.82) is 0 Å². The van der Waals surface area contributed by atoms with Gasteiger partial charge in [0.2, 0.25) is 0 Å². The van der Waals surface area contributed by atoms with Gasteiger partial charge in [-0.25, -0.2) is 8.42 Å². The Morgan fingerprint density at radius 2 is 1.89 bits per heavy atom. The molecule has 1 rings (SSSR count).